The van der Waals surface area contributed by atoms with Crippen LogP contribution in [0, 0.1) is 0 Å². The van der Waals surface area contributed by atoms with Crippen LogP contribution in [0.4, 0.5) is 5.13 Å². The van der Waals surface area contributed by atoms with Gasteiger partial charge in [0.1, 0.15) is 0 Å². The van der Waals surface area contributed by atoms with Gasteiger partial charge in [0.05, 0.1) is 17.7 Å². The number of benzene rings is 4. The molecule has 2 heterocycles. The normalized spacial score (nSPS) is 13.0. The number of rotatable bonds is 11. The fourth-order valence-corrected chi connectivity index (χ4v) is 6.03. The Morgan fingerprint density at radius 3 is 1.74 bits per heavy atom. The number of nitrogens with two attached hydrogens (primary N) is 1. The molecule has 0 bridgehead atoms. The third kappa shape index (κ3) is 6.57. The van der Waals surface area contributed by atoms with Crippen molar-refractivity contribution in [2.24, 2.45) is 5.16 Å². The van der Waals surface area contributed by atoms with Gasteiger partial charge >= 0.3 is 5.97 Å². The first-order chi connectivity index (χ1) is 22.8. The van der Waals surface area contributed by atoms with Crippen molar-refractivity contribution in [1.29, 1.82) is 0 Å². The SMILES string of the molecule is Nc1nc(/C(=N/OC(O)(c2cc(=O)ccn2C(c2ccccc2)c2ccccc2)C(c2ccccc2)c2ccccc2)C(=O)O)ns1. The van der Waals surface area contributed by atoms with E-state index in [9.17, 15) is 19.8 Å². The molecule has 0 amide bonds. The van der Waals surface area contributed by atoms with Crippen molar-refractivity contribution >= 4 is 28.3 Å². The Morgan fingerprint density at radius 1 is 0.809 bits per heavy atom. The highest BCUT2D eigenvalue weighted by Gasteiger charge is 2.47. The number of nitrogens with zero attached hydrogens (tertiary/aromatic N) is 4. The van der Waals surface area contributed by atoms with Crippen LogP contribution in [0.2, 0.25) is 0 Å². The summed E-state index contributed by atoms with van der Waals surface area (Å²) in [4.78, 5) is 35.7. The predicted molar refractivity (Wildman–Crippen MR) is 179 cm³/mol. The van der Waals surface area contributed by atoms with Gasteiger partial charge in [-0.05, 0) is 22.3 Å². The smallest absolute Gasteiger partial charge is 0.362 e. The van der Waals surface area contributed by atoms with Gasteiger partial charge in [-0.3, -0.25) is 4.79 Å². The van der Waals surface area contributed by atoms with Crippen LogP contribution < -0.4 is 11.2 Å². The third-order valence-electron chi connectivity index (χ3n) is 7.62. The molecule has 0 saturated carbocycles. The number of carboxylic acid groups (broad SMARTS) is 1. The van der Waals surface area contributed by atoms with Crippen LogP contribution in [-0.2, 0) is 15.4 Å². The van der Waals surface area contributed by atoms with Crippen molar-refractivity contribution < 1.29 is 19.8 Å². The number of aromatic nitrogens is 3. The van der Waals surface area contributed by atoms with Crippen LogP contribution in [0.3, 0.4) is 0 Å². The van der Waals surface area contributed by atoms with Gasteiger partial charge in [0.2, 0.25) is 11.5 Å². The van der Waals surface area contributed by atoms with Crippen molar-refractivity contribution in [1.82, 2.24) is 13.9 Å². The quantitative estimate of drug-likeness (QED) is 0.0964. The second-order valence-corrected chi connectivity index (χ2v) is 11.4. The van der Waals surface area contributed by atoms with Gasteiger partial charge in [-0.15, -0.1) is 0 Å². The first-order valence-corrected chi connectivity index (χ1v) is 15.4. The van der Waals surface area contributed by atoms with Crippen LogP contribution in [0.1, 0.15) is 45.7 Å². The number of nitrogen functional groups attached to an aromatic ring is 1. The van der Waals surface area contributed by atoms with E-state index in [4.69, 9.17) is 10.6 Å². The Morgan fingerprint density at radius 2 is 1.30 bits per heavy atom. The van der Waals surface area contributed by atoms with E-state index in [-0.39, 0.29) is 16.6 Å². The lowest BCUT2D eigenvalue weighted by Crippen LogP contribution is -2.41. The highest BCUT2D eigenvalue weighted by atomic mass is 32.1. The minimum absolute atomic E-state index is 0.0275. The van der Waals surface area contributed by atoms with Crippen molar-refractivity contribution in [3.8, 4) is 0 Å². The second-order valence-electron chi connectivity index (χ2n) is 10.6. The molecule has 0 aliphatic carbocycles. The number of anilines is 1. The summed E-state index contributed by atoms with van der Waals surface area (Å²) in [7, 11) is 0. The van der Waals surface area contributed by atoms with Crippen LogP contribution in [0.15, 0.2) is 150 Å². The fourth-order valence-electron chi connectivity index (χ4n) is 5.59. The molecule has 6 aromatic rings. The molecule has 0 saturated heterocycles. The Balaban J connectivity index is 1.66. The second kappa shape index (κ2) is 13.6. The Kier molecular flexibility index (Phi) is 9.00. The average Bonchev–Trinajstić information content (AvgIpc) is 3.53. The summed E-state index contributed by atoms with van der Waals surface area (Å²) in [5, 5.41) is 27.2. The number of hydrogen-bond donors (Lipinski definition) is 3. The number of oxime groups is 1. The first-order valence-electron chi connectivity index (χ1n) is 14.6. The van der Waals surface area contributed by atoms with Crippen molar-refractivity contribution in [3.63, 3.8) is 0 Å². The summed E-state index contributed by atoms with van der Waals surface area (Å²) in [6, 6.07) is 39.5. The van der Waals surface area contributed by atoms with Crippen molar-refractivity contribution in [2.75, 3.05) is 5.73 Å². The van der Waals surface area contributed by atoms with Crippen LogP contribution in [0.25, 0.3) is 0 Å². The monoisotopic (exact) mass is 643 g/mol. The number of carboxylic acids is 1. The molecule has 47 heavy (non-hydrogen) atoms. The van der Waals surface area contributed by atoms with Crippen molar-refractivity contribution in [3.05, 3.63) is 184 Å². The molecule has 2 aromatic heterocycles. The Labute approximate surface area is 273 Å². The number of aliphatic hydroxyl groups is 1. The molecule has 4 aromatic carbocycles. The summed E-state index contributed by atoms with van der Waals surface area (Å²) in [5.41, 5.74) is 7.63. The van der Waals surface area contributed by atoms with Gasteiger partial charge in [0.25, 0.3) is 5.79 Å². The standard InChI is InChI=1S/C36H29N5O5S/c37-35-38-33(40-47-35)31(34(43)44)39-46-36(45,30(24-13-5-1-6-14-24)25-15-7-2-8-16-25)29-23-28(42)21-22-41(29)32(26-17-9-3-10-18-26)27-19-11-4-12-20-27/h1-23,30,32,45H,(H,43,44)(H2,37,38,40)/b39-31-. The molecule has 6 rings (SSSR count). The number of carbonyl (C=O) groups is 1. The predicted octanol–water partition coefficient (Wildman–Crippen LogP) is 5.40. The van der Waals surface area contributed by atoms with E-state index >= 15 is 0 Å². The largest absolute Gasteiger partial charge is 0.476 e. The van der Waals surface area contributed by atoms with Gasteiger partial charge < -0.3 is 25.4 Å². The zero-order valence-corrected chi connectivity index (χ0v) is 25.6. The van der Waals surface area contributed by atoms with E-state index in [1.165, 1.54) is 12.1 Å². The Hall–Kier alpha value is -5.91. The van der Waals surface area contributed by atoms with Gasteiger partial charge in [-0.1, -0.05) is 126 Å². The van der Waals surface area contributed by atoms with E-state index in [1.54, 1.807) is 10.8 Å². The summed E-state index contributed by atoms with van der Waals surface area (Å²) in [5.74, 6) is -5.28. The molecule has 0 radical (unpaired) electrons. The minimum atomic E-state index is -2.48. The molecule has 10 nitrogen and oxygen atoms in total. The van der Waals surface area contributed by atoms with Gasteiger partial charge in [0.15, 0.2) is 10.6 Å². The third-order valence-corrected chi connectivity index (χ3v) is 8.16. The minimum Gasteiger partial charge on any atom is -0.476 e. The van der Waals surface area contributed by atoms with E-state index in [2.05, 4.69) is 14.5 Å². The number of hydrogen-bond acceptors (Lipinski definition) is 9. The van der Waals surface area contributed by atoms with E-state index in [1.807, 2.05) is 121 Å². The molecule has 1 atom stereocenters. The molecule has 1 unspecified atom stereocenters. The molecule has 0 fully saturated rings. The lowest BCUT2D eigenvalue weighted by atomic mass is 9.81. The molecule has 4 N–H and O–H groups in total. The van der Waals surface area contributed by atoms with Crippen LogP contribution >= 0.6 is 11.5 Å². The number of pyridine rings is 1. The van der Waals surface area contributed by atoms with Crippen LogP contribution in [-0.4, -0.2) is 35.8 Å². The summed E-state index contributed by atoms with van der Waals surface area (Å²) >= 11 is 0.792. The Bertz CT molecular complexity index is 1980. The highest BCUT2D eigenvalue weighted by Crippen LogP contribution is 2.44. The zero-order valence-electron chi connectivity index (χ0n) is 24.8. The number of aliphatic carboxylic acids is 1. The molecule has 0 aliphatic heterocycles. The van der Waals surface area contributed by atoms with Crippen molar-refractivity contribution in [2.45, 2.75) is 17.7 Å². The average molecular weight is 644 g/mol. The topological polar surface area (TPSA) is 153 Å². The lowest BCUT2D eigenvalue weighted by molar-refractivity contribution is -0.227. The maximum Gasteiger partial charge on any atom is 0.362 e. The lowest BCUT2D eigenvalue weighted by Gasteiger charge is -2.38. The van der Waals surface area contributed by atoms with E-state index in [0.29, 0.717) is 11.1 Å². The van der Waals surface area contributed by atoms with E-state index in [0.717, 1.165) is 22.7 Å². The molecule has 0 spiro atoms. The first kappa shape index (κ1) is 31.1. The van der Waals surface area contributed by atoms with Gasteiger partial charge in [-0.2, -0.15) is 9.36 Å². The summed E-state index contributed by atoms with van der Waals surface area (Å²) in [6.45, 7) is 0. The fraction of sp³-hybridized carbons (Fsp3) is 0.0833. The van der Waals surface area contributed by atoms with Crippen LogP contribution in [0.5, 0.6) is 0 Å². The molecule has 0 aliphatic rings. The van der Waals surface area contributed by atoms with E-state index < -0.39 is 34.9 Å². The van der Waals surface area contributed by atoms with Gasteiger partial charge in [0, 0.05) is 29.9 Å². The van der Waals surface area contributed by atoms with Gasteiger partial charge in [-0.25, -0.2) is 4.79 Å². The maximum atomic E-state index is 13.2. The molecular weight excluding hydrogens is 614 g/mol. The maximum absolute atomic E-state index is 13.2. The highest BCUT2D eigenvalue weighted by molar-refractivity contribution is 7.09. The molecule has 11 heteroatoms. The molecular formula is C36H29N5O5S. The molecule has 234 valence electrons. The zero-order chi connectivity index (χ0) is 32.8. The summed E-state index contributed by atoms with van der Waals surface area (Å²) in [6.07, 6.45) is 1.59. The summed E-state index contributed by atoms with van der Waals surface area (Å²) < 4.78 is 5.74.